The van der Waals surface area contributed by atoms with Crippen LogP contribution >= 0.6 is 11.6 Å². The molecule has 2 atom stereocenters. The predicted octanol–water partition coefficient (Wildman–Crippen LogP) is 4.51. The van der Waals surface area contributed by atoms with Gasteiger partial charge in [0.05, 0.1) is 18.7 Å². The highest BCUT2D eigenvalue weighted by atomic mass is 35.5. The van der Waals surface area contributed by atoms with Gasteiger partial charge in [0.1, 0.15) is 5.82 Å². The number of benzene rings is 2. The number of aliphatic hydroxyl groups is 1. The number of carbonyl (C=O) groups excluding carboxylic acids is 1. The number of aldehydes is 1. The molecule has 0 aromatic heterocycles. The number of rotatable bonds is 9. The number of ether oxygens (including phenoxy) is 1. The molecule has 2 aromatic rings. The Morgan fingerprint density at radius 1 is 1.28 bits per heavy atom. The van der Waals surface area contributed by atoms with Gasteiger partial charge in [0.25, 0.3) is 0 Å². The van der Waals surface area contributed by atoms with Gasteiger partial charge in [-0.1, -0.05) is 37.6 Å². The lowest BCUT2D eigenvalue weighted by molar-refractivity contribution is 0.112. The lowest BCUT2D eigenvalue weighted by atomic mass is 9.91. The van der Waals surface area contributed by atoms with Gasteiger partial charge in [-0.15, -0.1) is 0 Å². The average molecular weight is 425 g/mol. The highest BCUT2D eigenvalue weighted by molar-refractivity contribution is 6.30. The van der Waals surface area contributed by atoms with E-state index in [1.54, 1.807) is 12.1 Å². The Labute approximate surface area is 174 Å². The number of nitrogens with one attached hydrogen (secondary N) is 1. The highest BCUT2D eigenvalue weighted by Gasteiger charge is 2.26. The van der Waals surface area contributed by atoms with Crippen LogP contribution in [0.5, 0.6) is 5.75 Å². The van der Waals surface area contributed by atoms with Crippen molar-refractivity contribution in [2.24, 2.45) is 5.92 Å². The van der Waals surface area contributed by atoms with Gasteiger partial charge >= 0.3 is 0 Å². The monoisotopic (exact) mass is 424 g/mol. The van der Waals surface area contributed by atoms with Crippen LogP contribution in [0.2, 0.25) is 5.02 Å². The van der Waals surface area contributed by atoms with Crippen molar-refractivity contribution in [2.75, 3.05) is 13.7 Å². The predicted molar refractivity (Wildman–Crippen MR) is 110 cm³/mol. The normalized spacial score (nSPS) is 13.4. The fraction of sp³-hybridized carbons (Fsp3) is 0.364. The fourth-order valence-corrected chi connectivity index (χ4v) is 3.38. The zero-order valence-corrected chi connectivity index (χ0v) is 17.4. The average Bonchev–Trinajstić information content (AvgIpc) is 2.69. The van der Waals surface area contributed by atoms with Crippen LogP contribution in [0.4, 0.5) is 8.78 Å². The molecule has 0 saturated carbocycles. The molecule has 0 heterocycles. The van der Waals surface area contributed by atoms with E-state index >= 15 is 4.39 Å². The van der Waals surface area contributed by atoms with E-state index in [9.17, 15) is 14.3 Å². The lowest BCUT2D eigenvalue weighted by Crippen LogP contribution is -2.39. The van der Waals surface area contributed by atoms with Gasteiger partial charge < -0.3 is 15.2 Å². The molecule has 29 heavy (non-hydrogen) atoms. The Balaban J connectivity index is 2.57. The molecule has 0 aliphatic rings. The quantitative estimate of drug-likeness (QED) is 0.581. The Hall–Kier alpha value is -2.02. The molecule has 2 aromatic carbocycles. The van der Waals surface area contributed by atoms with Crippen LogP contribution in [0, 0.1) is 24.5 Å². The Kier molecular flexibility index (Phi) is 8.14. The molecular weight excluding hydrogens is 400 g/mol. The minimum Gasteiger partial charge on any atom is -0.494 e. The summed E-state index contributed by atoms with van der Waals surface area (Å²) < 4.78 is 34.6. The van der Waals surface area contributed by atoms with E-state index in [4.69, 9.17) is 16.3 Å². The van der Waals surface area contributed by atoms with Crippen molar-refractivity contribution in [3.8, 4) is 5.75 Å². The second kappa shape index (κ2) is 10.1. The molecule has 2 N–H and O–H groups in total. The summed E-state index contributed by atoms with van der Waals surface area (Å²) in [5.41, 5.74) is 0.727. The van der Waals surface area contributed by atoms with E-state index in [1.165, 1.54) is 19.2 Å². The minimum atomic E-state index is -0.840. The van der Waals surface area contributed by atoms with Crippen LogP contribution in [0.3, 0.4) is 0 Å². The van der Waals surface area contributed by atoms with Gasteiger partial charge in [-0.2, -0.15) is 0 Å². The molecule has 0 bridgehead atoms. The van der Waals surface area contributed by atoms with E-state index in [2.05, 4.69) is 12.2 Å². The number of halogens is 3. The molecule has 0 aliphatic carbocycles. The second-order valence-electron chi connectivity index (χ2n) is 7.14. The molecule has 0 fully saturated rings. The van der Waals surface area contributed by atoms with Crippen LogP contribution in [0.15, 0.2) is 24.3 Å². The number of hydrogen-bond donors (Lipinski definition) is 2. The van der Waals surface area contributed by atoms with Crippen molar-refractivity contribution in [1.29, 1.82) is 0 Å². The van der Waals surface area contributed by atoms with Crippen molar-refractivity contribution in [1.82, 2.24) is 5.32 Å². The van der Waals surface area contributed by atoms with Crippen molar-refractivity contribution < 1.29 is 23.4 Å². The van der Waals surface area contributed by atoms with E-state index in [0.29, 0.717) is 11.8 Å². The summed E-state index contributed by atoms with van der Waals surface area (Å²) in [6, 6.07) is 4.76. The maximum absolute atomic E-state index is 15.1. The minimum absolute atomic E-state index is 0.0101. The highest BCUT2D eigenvalue weighted by Crippen LogP contribution is 2.33. The molecule has 1 radical (unpaired) electrons. The van der Waals surface area contributed by atoms with Gasteiger partial charge in [-0.05, 0) is 36.1 Å². The maximum Gasteiger partial charge on any atom is 0.170 e. The third-order valence-electron chi connectivity index (χ3n) is 4.91. The summed E-state index contributed by atoms with van der Waals surface area (Å²) in [7, 11) is 1.31. The SMILES string of the molecule is [CH2]C(N[C@H](CO)C(C)C)c1c(F)c(OC)cc(Cc2cccc(Cl)c2F)c1C=O. The Bertz CT molecular complexity index is 874. The molecule has 0 amide bonds. The van der Waals surface area contributed by atoms with Crippen LogP contribution in [0.25, 0.3) is 0 Å². The van der Waals surface area contributed by atoms with Crippen molar-refractivity contribution in [3.05, 3.63) is 70.1 Å². The largest absolute Gasteiger partial charge is 0.494 e. The van der Waals surface area contributed by atoms with Gasteiger partial charge in [0.2, 0.25) is 0 Å². The first-order valence-electron chi connectivity index (χ1n) is 9.22. The standard InChI is InChI=1S/C22H25ClF2NO3/c1-12(2)18(11-28)26-13(3)20-16(10-27)15(9-19(29-4)22(20)25)8-14-6-5-7-17(23)21(14)24/h5-7,9-10,12-13,18,26,28H,3,8,11H2,1-2,4H3/t13?,18-/m1/s1. The summed E-state index contributed by atoms with van der Waals surface area (Å²) in [6.45, 7) is 7.56. The molecular formula is C22H25ClF2NO3. The summed E-state index contributed by atoms with van der Waals surface area (Å²) >= 11 is 5.85. The van der Waals surface area contributed by atoms with Gasteiger partial charge in [0.15, 0.2) is 17.9 Å². The van der Waals surface area contributed by atoms with Crippen LogP contribution in [-0.2, 0) is 6.42 Å². The number of methoxy groups -OCH3 is 1. The fourth-order valence-electron chi connectivity index (χ4n) is 3.19. The summed E-state index contributed by atoms with van der Waals surface area (Å²) in [5.74, 6) is -1.35. The van der Waals surface area contributed by atoms with Crippen molar-refractivity contribution >= 4 is 17.9 Å². The van der Waals surface area contributed by atoms with Crippen LogP contribution < -0.4 is 10.1 Å². The zero-order valence-electron chi connectivity index (χ0n) is 16.6. The Morgan fingerprint density at radius 2 is 1.97 bits per heavy atom. The first-order valence-corrected chi connectivity index (χ1v) is 9.60. The third-order valence-corrected chi connectivity index (χ3v) is 5.20. The molecule has 1 unspecified atom stereocenters. The van der Waals surface area contributed by atoms with Gasteiger partial charge in [-0.3, -0.25) is 4.79 Å². The maximum atomic E-state index is 15.1. The zero-order chi connectivity index (χ0) is 21.7. The van der Waals surface area contributed by atoms with E-state index in [1.807, 2.05) is 13.8 Å². The van der Waals surface area contributed by atoms with Crippen molar-refractivity contribution in [2.45, 2.75) is 32.4 Å². The van der Waals surface area contributed by atoms with Gasteiger partial charge in [-0.25, -0.2) is 8.78 Å². The Morgan fingerprint density at radius 3 is 2.52 bits per heavy atom. The smallest absolute Gasteiger partial charge is 0.170 e. The van der Waals surface area contributed by atoms with E-state index < -0.39 is 17.7 Å². The molecule has 157 valence electrons. The molecule has 7 heteroatoms. The molecule has 0 spiro atoms. The van der Waals surface area contributed by atoms with Gasteiger partial charge in [0, 0.05) is 29.6 Å². The topological polar surface area (TPSA) is 58.6 Å². The first kappa shape index (κ1) is 23.3. The summed E-state index contributed by atoms with van der Waals surface area (Å²) in [6.07, 6.45) is 0.545. The second-order valence-corrected chi connectivity index (χ2v) is 7.55. The summed E-state index contributed by atoms with van der Waals surface area (Å²) in [5, 5.41) is 12.6. The summed E-state index contributed by atoms with van der Waals surface area (Å²) in [4.78, 5) is 11.9. The van der Waals surface area contributed by atoms with E-state index in [0.717, 1.165) is 0 Å². The molecule has 0 saturated heterocycles. The molecule has 0 aliphatic heterocycles. The van der Waals surface area contributed by atoms with E-state index in [-0.39, 0.29) is 52.4 Å². The number of carbonyl (C=O) groups is 1. The molecule has 4 nitrogen and oxygen atoms in total. The molecule has 2 rings (SSSR count). The van der Waals surface area contributed by atoms with Crippen LogP contribution in [0.1, 0.15) is 46.9 Å². The van der Waals surface area contributed by atoms with Crippen molar-refractivity contribution in [3.63, 3.8) is 0 Å². The first-order chi connectivity index (χ1) is 13.7. The third kappa shape index (κ3) is 5.13. The number of hydrogen-bond acceptors (Lipinski definition) is 4. The van der Waals surface area contributed by atoms with Crippen LogP contribution in [-0.4, -0.2) is 31.2 Å². The lowest BCUT2D eigenvalue weighted by Gasteiger charge is -2.27. The number of aliphatic hydroxyl groups excluding tert-OH is 1.